The topological polar surface area (TPSA) is 64.3 Å². The van der Waals surface area contributed by atoms with Gasteiger partial charge in [-0.25, -0.2) is 9.18 Å². The van der Waals surface area contributed by atoms with Gasteiger partial charge in [0.2, 0.25) is 0 Å². The Hall–Kier alpha value is -1.78. The van der Waals surface area contributed by atoms with Gasteiger partial charge in [0.15, 0.2) is 0 Å². The van der Waals surface area contributed by atoms with Crippen molar-refractivity contribution < 1.29 is 13.9 Å². The molecule has 0 fully saturated rings. The van der Waals surface area contributed by atoms with Crippen LogP contribution >= 0.6 is 0 Å². The molecule has 4 nitrogen and oxygen atoms in total. The van der Waals surface area contributed by atoms with Crippen LogP contribution in [0, 0.1) is 5.82 Å². The number of esters is 1. The monoisotopic (exact) mass is 240 g/mol. The van der Waals surface area contributed by atoms with E-state index >= 15 is 0 Å². The standard InChI is InChI=1S/C12H17FN2O2/c1-4-17-12(16)8-5-11(15-7(2)3)9(13)6-10(8)14/h5-7,15H,4,14H2,1-3H3. The highest BCUT2D eigenvalue weighted by Gasteiger charge is 2.15. The number of hydrogen-bond acceptors (Lipinski definition) is 4. The summed E-state index contributed by atoms with van der Waals surface area (Å²) in [6.45, 7) is 5.70. The third-order valence-electron chi connectivity index (χ3n) is 2.08. The first-order chi connectivity index (χ1) is 7.95. The summed E-state index contributed by atoms with van der Waals surface area (Å²) in [5.74, 6) is -1.03. The molecule has 0 heterocycles. The highest BCUT2D eigenvalue weighted by Crippen LogP contribution is 2.23. The van der Waals surface area contributed by atoms with Crippen LogP contribution in [-0.4, -0.2) is 18.6 Å². The Morgan fingerprint density at radius 2 is 2.18 bits per heavy atom. The minimum Gasteiger partial charge on any atom is -0.462 e. The molecular weight excluding hydrogens is 223 g/mol. The molecule has 0 radical (unpaired) electrons. The molecule has 1 aromatic rings. The maximum absolute atomic E-state index is 13.5. The van der Waals surface area contributed by atoms with Crippen LogP contribution in [0.25, 0.3) is 0 Å². The molecule has 1 rings (SSSR count). The molecule has 0 aliphatic heterocycles. The van der Waals surface area contributed by atoms with Gasteiger partial charge in [-0.2, -0.15) is 0 Å². The van der Waals surface area contributed by atoms with Crippen LogP contribution in [0.3, 0.4) is 0 Å². The lowest BCUT2D eigenvalue weighted by Gasteiger charge is -2.13. The van der Waals surface area contributed by atoms with Gasteiger partial charge in [0.1, 0.15) is 5.82 Å². The number of carbonyl (C=O) groups is 1. The van der Waals surface area contributed by atoms with E-state index in [2.05, 4.69) is 5.32 Å². The van der Waals surface area contributed by atoms with Crippen LogP contribution in [0.1, 0.15) is 31.1 Å². The first-order valence-corrected chi connectivity index (χ1v) is 5.48. The van der Waals surface area contributed by atoms with Gasteiger partial charge in [0.25, 0.3) is 0 Å². The van der Waals surface area contributed by atoms with Crippen molar-refractivity contribution in [2.45, 2.75) is 26.8 Å². The van der Waals surface area contributed by atoms with E-state index in [1.165, 1.54) is 6.07 Å². The Morgan fingerprint density at radius 3 is 2.71 bits per heavy atom. The molecular formula is C12H17FN2O2. The lowest BCUT2D eigenvalue weighted by Crippen LogP contribution is -2.14. The number of hydrogen-bond donors (Lipinski definition) is 2. The van der Waals surface area contributed by atoms with Gasteiger partial charge in [-0.15, -0.1) is 0 Å². The Morgan fingerprint density at radius 1 is 1.53 bits per heavy atom. The second kappa shape index (κ2) is 5.52. The van der Waals surface area contributed by atoms with Crippen LogP contribution in [0.15, 0.2) is 12.1 Å². The van der Waals surface area contributed by atoms with Crippen LogP contribution < -0.4 is 11.1 Å². The van der Waals surface area contributed by atoms with Crippen molar-refractivity contribution in [2.75, 3.05) is 17.7 Å². The molecule has 1 aromatic carbocycles. The molecule has 94 valence electrons. The van der Waals surface area contributed by atoms with Crippen molar-refractivity contribution in [1.82, 2.24) is 0 Å². The fourth-order valence-electron chi connectivity index (χ4n) is 1.40. The van der Waals surface area contributed by atoms with Crippen molar-refractivity contribution in [2.24, 2.45) is 0 Å². The quantitative estimate of drug-likeness (QED) is 0.626. The van der Waals surface area contributed by atoms with Crippen molar-refractivity contribution in [3.63, 3.8) is 0 Å². The van der Waals surface area contributed by atoms with E-state index in [4.69, 9.17) is 10.5 Å². The Labute approximate surface area is 100.0 Å². The van der Waals surface area contributed by atoms with Crippen LogP contribution in [0.4, 0.5) is 15.8 Å². The molecule has 0 amide bonds. The SMILES string of the molecule is CCOC(=O)c1cc(NC(C)C)c(F)cc1N. The number of ether oxygens (including phenoxy) is 1. The maximum Gasteiger partial charge on any atom is 0.340 e. The normalized spacial score (nSPS) is 10.4. The minimum atomic E-state index is -0.545. The number of anilines is 2. The number of nitrogen functional groups attached to an aromatic ring is 1. The van der Waals surface area contributed by atoms with Gasteiger partial charge < -0.3 is 15.8 Å². The molecule has 0 aromatic heterocycles. The fourth-order valence-corrected chi connectivity index (χ4v) is 1.40. The summed E-state index contributed by atoms with van der Waals surface area (Å²) in [7, 11) is 0. The van der Waals surface area contributed by atoms with Gasteiger partial charge in [-0.3, -0.25) is 0 Å². The minimum absolute atomic E-state index is 0.0585. The van der Waals surface area contributed by atoms with Gasteiger partial charge in [-0.1, -0.05) is 0 Å². The number of benzene rings is 1. The lowest BCUT2D eigenvalue weighted by molar-refractivity contribution is 0.0527. The molecule has 3 N–H and O–H groups in total. The van der Waals surface area contributed by atoms with E-state index in [0.29, 0.717) is 0 Å². The van der Waals surface area contributed by atoms with E-state index in [1.807, 2.05) is 13.8 Å². The van der Waals surface area contributed by atoms with Crippen LogP contribution in [-0.2, 0) is 4.74 Å². The molecule has 0 saturated heterocycles. The molecule has 0 atom stereocenters. The second-order valence-electron chi connectivity index (χ2n) is 3.94. The lowest BCUT2D eigenvalue weighted by atomic mass is 10.1. The van der Waals surface area contributed by atoms with Crippen molar-refractivity contribution in [3.05, 3.63) is 23.5 Å². The number of carbonyl (C=O) groups excluding carboxylic acids is 1. The summed E-state index contributed by atoms with van der Waals surface area (Å²) >= 11 is 0. The number of nitrogens with two attached hydrogens (primary N) is 1. The van der Waals surface area contributed by atoms with Crippen LogP contribution in [0.5, 0.6) is 0 Å². The molecule has 17 heavy (non-hydrogen) atoms. The molecule has 0 aliphatic carbocycles. The van der Waals surface area contributed by atoms with E-state index in [-0.39, 0.29) is 29.6 Å². The number of nitrogens with one attached hydrogen (secondary N) is 1. The zero-order valence-electron chi connectivity index (χ0n) is 10.2. The summed E-state index contributed by atoms with van der Waals surface area (Å²) in [4.78, 5) is 11.6. The first-order valence-electron chi connectivity index (χ1n) is 5.48. The molecule has 0 spiro atoms. The predicted octanol–water partition coefficient (Wildman–Crippen LogP) is 2.40. The Kier molecular flexibility index (Phi) is 4.31. The fraction of sp³-hybridized carbons (Fsp3) is 0.417. The van der Waals surface area contributed by atoms with E-state index in [9.17, 15) is 9.18 Å². The Bertz CT molecular complexity index is 419. The summed E-state index contributed by atoms with van der Waals surface area (Å²) < 4.78 is 18.4. The predicted molar refractivity (Wildman–Crippen MR) is 65.5 cm³/mol. The summed E-state index contributed by atoms with van der Waals surface area (Å²) in [5, 5.41) is 2.90. The van der Waals surface area contributed by atoms with Crippen molar-refractivity contribution in [3.8, 4) is 0 Å². The average Bonchev–Trinajstić information content (AvgIpc) is 2.21. The number of rotatable bonds is 4. The van der Waals surface area contributed by atoms with Gasteiger partial charge >= 0.3 is 5.97 Å². The molecule has 5 heteroatoms. The Balaban J connectivity index is 3.09. The average molecular weight is 240 g/mol. The second-order valence-corrected chi connectivity index (χ2v) is 3.94. The van der Waals surface area contributed by atoms with E-state index in [0.717, 1.165) is 6.07 Å². The highest BCUT2D eigenvalue weighted by atomic mass is 19.1. The highest BCUT2D eigenvalue weighted by molar-refractivity contribution is 5.96. The largest absolute Gasteiger partial charge is 0.462 e. The maximum atomic E-state index is 13.5. The van der Waals surface area contributed by atoms with Gasteiger partial charge in [-0.05, 0) is 32.9 Å². The van der Waals surface area contributed by atoms with E-state index in [1.54, 1.807) is 6.92 Å². The third kappa shape index (κ3) is 3.34. The van der Waals surface area contributed by atoms with Gasteiger partial charge in [0.05, 0.1) is 17.9 Å². The summed E-state index contributed by atoms with van der Waals surface area (Å²) in [6, 6.07) is 2.56. The summed E-state index contributed by atoms with van der Waals surface area (Å²) in [6.07, 6.45) is 0. The number of halogens is 1. The molecule has 0 unspecified atom stereocenters. The molecule has 0 aliphatic rings. The summed E-state index contributed by atoms with van der Waals surface area (Å²) in [5.41, 5.74) is 6.09. The third-order valence-corrected chi connectivity index (χ3v) is 2.08. The van der Waals surface area contributed by atoms with E-state index < -0.39 is 11.8 Å². The zero-order valence-corrected chi connectivity index (χ0v) is 10.2. The zero-order chi connectivity index (χ0) is 13.0. The first kappa shape index (κ1) is 13.3. The molecule has 0 saturated carbocycles. The molecule has 0 bridgehead atoms. The van der Waals surface area contributed by atoms with Crippen molar-refractivity contribution >= 4 is 17.3 Å². The van der Waals surface area contributed by atoms with Crippen molar-refractivity contribution in [1.29, 1.82) is 0 Å². The smallest absolute Gasteiger partial charge is 0.340 e. The van der Waals surface area contributed by atoms with Gasteiger partial charge in [0, 0.05) is 11.7 Å². The van der Waals surface area contributed by atoms with Crippen LogP contribution in [0.2, 0.25) is 0 Å².